The number of carbonyl (C=O) groups is 4. The standard InChI is InChI=1S/C16H21Cl3N2O10/c1-6(22)27-5-9-11(28-7(2)23)12(29-8(3)24)10(21-15(25)26-4)13(30-9)31-14(20)16(17,18)19/h9-13,20H,5H2,1-4H3,(H,21,25)/t9-,10-,11-,12-,13-/m1/s1. The Kier molecular flexibility index (Phi) is 10.1. The third-order valence-electron chi connectivity index (χ3n) is 3.66. The van der Waals surface area contributed by atoms with Crippen LogP contribution in [0.4, 0.5) is 4.79 Å². The zero-order valence-corrected chi connectivity index (χ0v) is 19.1. The lowest BCUT2D eigenvalue weighted by molar-refractivity contribution is -0.260. The third kappa shape index (κ3) is 8.56. The molecule has 1 saturated heterocycles. The highest BCUT2D eigenvalue weighted by Gasteiger charge is 2.53. The molecule has 0 bridgehead atoms. The van der Waals surface area contributed by atoms with Gasteiger partial charge in [0.15, 0.2) is 12.2 Å². The maximum atomic E-state index is 11.9. The lowest BCUT2D eigenvalue weighted by Crippen LogP contribution is -2.67. The molecule has 1 rings (SSSR count). The van der Waals surface area contributed by atoms with E-state index in [0.29, 0.717) is 0 Å². The van der Waals surface area contributed by atoms with Crippen LogP contribution in [0.3, 0.4) is 0 Å². The number of alkyl halides is 3. The van der Waals surface area contributed by atoms with Gasteiger partial charge in [-0.2, -0.15) is 0 Å². The van der Waals surface area contributed by atoms with Crippen molar-refractivity contribution in [3.8, 4) is 0 Å². The van der Waals surface area contributed by atoms with Gasteiger partial charge in [-0.3, -0.25) is 19.8 Å². The van der Waals surface area contributed by atoms with Gasteiger partial charge in [-0.15, -0.1) is 0 Å². The van der Waals surface area contributed by atoms with Crippen LogP contribution < -0.4 is 5.32 Å². The van der Waals surface area contributed by atoms with Gasteiger partial charge in [0.05, 0.1) is 7.11 Å². The number of rotatable bonds is 6. The minimum atomic E-state index is -2.30. The highest BCUT2D eigenvalue weighted by molar-refractivity contribution is 6.76. The van der Waals surface area contributed by atoms with Crippen molar-refractivity contribution in [3.05, 3.63) is 0 Å². The van der Waals surface area contributed by atoms with Gasteiger partial charge in [-0.05, 0) is 0 Å². The molecule has 1 fully saturated rings. The van der Waals surface area contributed by atoms with Crippen molar-refractivity contribution in [2.24, 2.45) is 0 Å². The van der Waals surface area contributed by atoms with E-state index in [2.05, 4.69) is 10.1 Å². The second-order valence-corrected chi connectivity index (χ2v) is 8.38. The Hall–Kier alpha value is -2.02. The van der Waals surface area contributed by atoms with Crippen LogP contribution in [0.25, 0.3) is 0 Å². The van der Waals surface area contributed by atoms with E-state index in [-0.39, 0.29) is 0 Å². The molecule has 0 radical (unpaired) electrons. The van der Waals surface area contributed by atoms with Crippen LogP contribution >= 0.6 is 34.8 Å². The van der Waals surface area contributed by atoms with Gasteiger partial charge in [0.1, 0.15) is 18.8 Å². The van der Waals surface area contributed by atoms with Crippen molar-refractivity contribution in [1.29, 1.82) is 5.41 Å². The lowest BCUT2D eigenvalue weighted by Gasteiger charge is -2.44. The molecular formula is C16H21Cl3N2O10. The maximum absolute atomic E-state index is 11.9. The minimum Gasteiger partial charge on any atom is -0.463 e. The second kappa shape index (κ2) is 11.6. The molecule has 0 aromatic rings. The molecule has 0 unspecified atom stereocenters. The van der Waals surface area contributed by atoms with Crippen LogP contribution in [-0.2, 0) is 42.8 Å². The lowest BCUT2D eigenvalue weighted by atomic mass is 9.96. The van der Waals surface area contributed by atoms with E-state index in [1.807, 2.05) is 0 Å². The number of alkyl carbamates (subject to hydrolysis) is 1. The SMILES string of the molecule is COC(=O)N[C@H]1[C@@H](OC(=N)C(Cl)(Cl)Cl)O[C@H](COC(C)=O)[C@@H](OC(C)=O)[C@@H]1OC(C)=O. The van der Waals surface area contributed by atoms with E-state index in [0.717, 1.165) is 27.9 Å². The van der Waals surface area contributed by atoms with Crippen LogP contribution in [-0.4, -0.2) is 78.1 Å². The molecule has 12 nitrogen and oxygen atoms in total. The predicted octanol–water partition coefficient (Wildman–Crippen LogP) is 1.23. The monoisotopic (exact) mass is 506 g/mol. The van der Waals surface area contributed by atoms with Crippen molar-refractivity contribution in [3.63, 3.8) is 0 Å². The molecule has 2 N–H and O–H groups in total. The largest absolute Gasteiger partial charge is 0.463 e. The van der Waals surface area contributed by atoms with Crippen LogP contribution in [0.15, 0.2) is 0 Å². The first kappa shape index (κ1) is 27.0. The van der Waals surface area contributed by atoms with E-state index in [1.54, 1.807) is 0 Å². The molecule has 0 aromatic carbocycles. The topological polar surface area (TPSA) is 160 Å². The summed E-state index contributed by atoms with van der Waals surface area (Å²) in [5.41, 5.74) is 0. The first-order chi connectivity index (χ1) is 14.3. The molecule has 0 saturated carbocycles. The van der Waals surface area contributed by atoms with Gasteiger partial charge < -0.3 is 33.7 Å². The van der Waals surface area contributed by atoms with Gasteiger partial charge in [-0.1, -0.05) is 34.8 Å². The van der Waals surface area contributed by atoms with Crippen LogP contribution in [0.5, 0.6) is 0 Å². The first-order valence-corrected chi connectivity index (χ1v) is 9.69. The Labute approximate surface area is 192 Å². The van der Waals surface area contributed by atoms with Gasteiger partial charge in [-0.25, -0.2) is 4.79 Å². The van der Waals surface area contributed by atoms with E-state index >= 15 is 0 Å². The zero-order valence-electron chi connectivity index (χ0n) is 16.8. The summed E-state index contributed by atoms with van der Waals surface area (Å²) in [6.07, 6.45) is -6.65. The van der Waals surface area contributed by atoms with E-state index in [1.165, 1.54) is 0 Å². The molecule has 176 valence electrons. The molecule has 1 amide bonds. The Balaban J connectivity index is 3.40. The van der Waals surface area contributed by atoms with Crippen molar-refractivity contribution in [2.45, 2.75) is 55.2 Å². The number of halogens is 3. The first-order valence-electron chi connectivity index (χ1n) is 8.56. The van der Waals surface area contributed by atoms with Crippen molar-refractivity contribution in [1.82, 2.24) is 5.32 Å². The van der Waals surface area contributed by atoms with E-state index < -0.39 is 70.9 Å². The van der Waals surface area contributed by atoms with Crippen LogP contribution in [0, 0.1) is 5.41 Å². The predicted molar refractivity (Wildman–Crippen MR) is 105 cm³/mol. The fraction of sp³-hybridized carbons (Fsp3) is 0.688. The molecule has 0 aromatic heterocycles. The molecule has 0 aliphatic carbocycles. The van der Waals surface area contributed by atoms with Crippen molar-refractivity contribution >= 4 is 64.7 Å². The van der Waals surface area contributed by atoms with Crippen molar-refractivity contribution in [2.75, 3.05) is 13.7 Å². The molecule has 1 aliphatic rings. The normalized spacial score (nSPS) is 25.6. The number of methoxy groups -OCH3 is 1. The summed E-state index contributed by atoms with van der Waals surface area (Å²) in [6.45, 7) is 2.81. The average Bonchev–Trinajstić information content (AvgIpc) is 2.62. The summed E-state index contributed by atoms with van der Waals surface area (Å²) >= 11 is 16.9. The Bertz CT molecular complexity index is 714. The maximum Gasteiger partial charge on any atom is 0.407 e. The fourth-order valence-corrected chi connectivity index (χ4v) is 2.67. The number of hydrogen-bond acceptors (Lipinski definition) is 11. The number of carbonyl (C=O) groups excluding carboxylic acids is 4. The quantitative estimate of drug-likeness (QED) is 0.176. The second-order valence-electron chi connectivity index (χ2n) is 6.10. The molecule has 5 atom stereocenters. The summed E-state index contributed by atoms with van der Waals surface area (Å²) in [5.74, 6) is -3.18. The highest BCUT2D eigenvalue weighted by atomic mass is 35.6. The number of ether oxygens (including phenoxy) is 6. The van der Waals surface area contributed by atoms with Gasteiger partial charge in [0.25, 0.3) is 3.79 Å². The summed E-state index contributed by atoms with van der Waals surface area (Å²) in [4.78, 5) is 46.5. The number of amides is 1. The molecule has 15 heteroatoms. The third-order valence-corrected chi connectivity index (χ3v) is 4.18. The summed E-state index contributed by atoms with van der Waals surface area (Å²) in [5, 5.41) is 10.1. The highest BCUT2D eigenvalue weighted by Crippen LogP contribution is 2.32. The Morgan fingerprint density at radius 1 is 0.968 bits per heavy atom. The van der Waals surface area contributed by atoms with E-state index in [9.17, 15) is 19.2 Å². The van der Waals surface area contributed by atoms with Crippen LogP contribution in [0.1, 0.15) is 20.8 Å². The van der Waals surface area contributed by atoms with Gasteiger partial charge >= 0.3 is 24.0 Å². The minimum absolute atomic E-state index is 0.461. The smallest absolute Gasteiger partial charge is 0.407 e. The summed E-state index contributed by atoms with van der Waals surface area (Å²) < 4.78 is 28.5. The number of hydrogen-bond donors (Lipinski definition) is 2. The van der Waals surface area contributed by atoms with Crippen molar-refractivity contribution < 1.29 is 47.6 Å². The summed E-state index contributed by atoms with van der Waals surface area (Å²) in [7, 11) is 1.06. The van der Waals surface area contributed by atoms with Gasteiger partial charge in [0.2, 0.25) is 12.2 Å². The van der Waals surface area contributed by atoms with Gasteiger partial charge in [0, 0.05) is 20.8 Å². The fourth-order valence-electron chi connectivity index (χ4n) is 2.53. The average molecular weight is 508 g/mol. The summed E-state index contributed by atoms with van der Waals surface area (Å²) in [6, 6.07) is -1.40. The number of esters is 3. The zero-order chi connectivity index (χ0) is 23.9. The molecule has 31 heavy (non-hydrogen) atoms. The molecule has 0 spiro atoms. The van der Waals surface area contributed by atoms with E-state index in [4.69, 9.17) is 63.9 Å². The Morgan fingerprint density at radius 2 is 1.52 bits per heavy atom. The molecule has 1 aliphatic heterocycles. The molecular weight excluding hydrogens is 487 g/mol. The molecule has 1 heterocycles. The van der Waals surface area contributed by atoms with Crippen LogP contribution in [0.2, 0.25) is 0 Å². The number of nitrogens with one attached hydrogen (secondary N) is 2. The Morgan fingerprint density at radius 3 is 1.97 bits per heavy atom.